The van der Waals surface area contributed by atoms with Crippen LogP contribution in [0.1, 0.15) is 5.56 Å². The molecule has 140 valence electrons. The van der Waals surface area contributed by atoms with Gasteiger partial charge >= 0.3 is 6.03 Å². The van der Waals surface area contributed by atoms with Crippen LogP contribution in [0.15, 0.2) is 48.5 Å². The average Bonchev–Trinajstić information content (AvgIpc) is 2.90. The molecule has 0 aliphatic carbocycles. The summed E-state index contributed by atoms with van der Waals surface area (Å²) in [6.07, 6.45) is 0.373. The number of hydrogen-bond donors (Lipinski definition) is 2. The molecule has 8 heteroatoms. The first-order chi connectivity index (χ1) is 13.0. The minimum absolute atomic E-state index is 0.341. The van der Waals surface area contributed by atoms with Gasteiger partial charge in [0.05, 0.1) is 12.1 Å². The Balaban J connectivity index is 1.61. The highest BCUT2D eigenvalue weighted by Gasteiger charge is 2.38. The predicted octanol–water partition coefficient (Wildman–Crippen LogP) is 2.45. The Morgan fingerprint density at radius 2 is 1.96 bits per heavy atom. The van der Waals surface area contributed by atoms with E-state index in [4.69, 9.17) is 16.3 Å². The van der Waals surface area contributed by atoms with Crippen LogP contribution in [0.25, 0.3) is 0 Å². The largest absolute Gasteiger partial charge is 0.495 e. The quantitative estimate of drug-likeness (QED) is 0.745. The summed E-state index contributed by atoms with van der Waals surface area (Å²) >= 11 is 6.02. The van der Waals surface area contributed by atoms with Crippen LogP contribution in [0.3, 0.4) is 0 Å². The fourth-order valence-corrected chi connectivity index (χ4v) is 3.06. The second-order valence-electron chi connectivity index (χ2n) is 6.01. The molecule has 0 spiro atoms. The lowest BCUT2D eigenvalue weighted by Crippen LogP contribution is -2.38. The first-order valence-corrected chi connectivity index (χ1v) is 8.65. The molecule has 4 amide bonds. The number of urea groups is 1. The smallest absolute Gasteiger partial charge is 0.325 e. The van der Waals surface area contributed by atoms with E-state index in [9.17, 15) is 14.4 Å². The first kappa shape index (κ1) is 18.7. The van der Waals surface area contributed by atoms with Crippen molar-refractivity contribution >= 4 is 35.1 Å². The van der Waals surface area contributed by atoms with Crippen LogP contribution in [0.4, 0.5) is 10.5 Å². The number of ether oxygens (including phenoxy) is 1. The van der Waals surface area contributed by atoms with Crippen molar-refractivity contribution in [1.29, 1.82) is 0 Å². The SMILES string of the molecule is COc1ccc(NC(=O)CN2C(=O)NC(Cc3ccccc3)C2=O)cc1Cl. The molecule has 1 heterocycles. The van der Waals surface area contributed by atoms with Crippen molar-refractivity contribution in [2.24, 2.45) is 0 Å². The standard InChI is InChI=1S/C19H18ClN3O4/c1-27-16-8-7-13(10-14(16)20)21-17(24)11-23-18(25)15(22-19(23)26)9-12-5-3-2-4-6-12/h2-8,10,15H,9,11H2,1H3,(H,21,24)(H,22,26). The van der Waals surface area contributed by atoms with Crippen LogP contribution in [-0.2, 0) is 16.0 Å². The Bertz CT molecular complexity index is 873. The number of nitrogens with zero attached hydrogens (tertiary/aromatic N) is 1. The average molecular weight is 388 g/mol. The van der Waals surface area contributed by atoms with Crippen LogP contribution in [0, 0.1) is 0 Å². The van der Waals surface area contributed by atoms with Crippen molar-refractivity contribution in [2.45, 2.75) is 12.5 Å². The van der Waals surface area contributed by atoms with E-state index in [1.54, 1.807) is 12.1 Å². The highest BCUT2D eigenvalue weighted by atomic mass is 35.5. The number of anilines is 1. The Morgan fingerprint density at radius 3 is 2.63 bits per heavy atom. The van der Waals surface area contributed by atoms with E-state index in [1.807, 2.05) is 30.3 Å². The molecule has 0 bridgehead atoms. The molecule has 1 fully saturated rings. The summed E-state index contributed by atoms with van der Waals surface area (Å²) in [5, 5.41) is 5.57. The van der Waals surface area contributed by atoms with Crippen molar-refractivity contribution in [3.63, 3.8) is 0 Å². The third kappa shape index (κ3) is 4.38. The van der Waals surface area contributed by atoms with Gasteiger partial charge in [0.1, 0.15) is 18.3 Å². The Kier molecular flexibility index (Phi) is 5.61. The number of rotatable bonds is 6. The fourth-order valence-electron chi connectivity index (χ4n) is 2.80. The molecular formula is C19H18ClN3O4. The third-order valence-corrected chi connectivity index (χ3v) is 4.42. The number of benzene rings is 2. The number of nitrogens with one attached hydrogen (secondary N) is 2. The molecule has 27 heavy (non-hydrogen) atoms. The number of hydrogen-bond acceptors (Lipinski definition) is 4. The van der Waals surface area contributed by atoms with Gasteiger partial charge in [0, 0.05) is 12.1 Å². The van der Waals surface area contributed by atoms with Crippen LogP contribution in [0.2, 0.25) is 5.02 Å². The summed E-state index contributed by atoms with van der Waals surface area (Å²) in [5.74, 6) is -0.445. The van der Waals surface area contributed by atoms with Gasteiger partial charge in [0.2, 0.25) is 5.91 Å². The zero-order valence-electron chi connectivity index (χ0n) is 14.6. The maximum absolute atomic E-state index is 12.5. The second-order valence-corrected chi connectivity index (χ2v) is 6.42. The first-order valence-electron chi connectivity index (χ1n) is 8.27. The summed E-state index contributed by atoms with van der Waals surface area (Å²) in [4.78, 5) is 37.7. The zero-order valence-corrected chi connectivity index (χ0v) is 15.3. The number of amides is 4. The number of halogens is 1. The lowest BCUT2D eigenvalue weighted by Gasteiger charge is -2.13. The Morgan fingerprint density at radius 1 is 1.22 bits per heavy atom. The Labute approximate surface area is 161 Å². The third-order valence-electron chi connectivity index (χ3n) is 4.13. The molecule has 0 saturated carbocycles. The molecule has 1 aliphatic rings. The van der Waals surface area contributed by atoms with Gasteiger partial charge < -0.3 is 15.4 Å². The summed E-state index contributed by atoms with van der Waals surface area (Å²) in [6.45, 7) is -0.375. The summed E-state index contributed by atoms with van der Waals surface area (Å²) < 4.78 is 5.05. The minimum atomic E-state index is -0.678. The van der Waals surface area contributed by atoms with Crippen LogP contribution < -0.4 is 15.4 Å². The monoisotopic (exact) mass is 387 g/mol. The van der Waals surface area contributed by atoms with Crippen molar-refractivity contribution in [2.75, 3.05) is 19.0 Å². The maximum Gasteiger partial charge on any atom is 0.325 e. The highest BCUT2D eigenvalue weighted by molar-refractivity contribution is 6.32. The topological polar surface area (TPSA) is 87.7 Å². The molecule has 2 aromatic carbocycles. The van der Waals surface area contributed by atoms with Crippen LogP contribution >= 0.6 is 11.6 Å². The number of carbonyl (C=O) groups excluding carboxylic acids is 3. The number of carbonyl (C=O) groups is 3. The molecule has 2 N–H and O–H groups in total. The van der Waals surface area contributed by atoms with Gasteiger partial charge in [-0.1, -0.05) is 41.9 Å². The molecule has 0 aromatic heterocycles. The molecule has 3 rings (SSSR count). The van der Waals surface area contributed by atoms with E-state index < -0.39 is 23.9 Å². The normalized spacial score (nSPS) is 16.2. The number of imide groups is 1. The van der Waals surface area contributed by atoms with Gasteiger partial charge in [-0.2, -0.15) is 0 Å². The molecule has 1 atom stereocenters. The molecule has 1 aliphatic heterocycles. The van der Waals surface area contributed by atoms with E-state index in [-0.39, 0.29) is 6.54 Å². The van der Waals surface area contributed by atoms with Crippen molar-refractivity contribution in [3.8, 4) is 5.75 Å². The van der Waals surface area contributed by atoms with Gasteiger partial charge in [-0.25, -0.2) is 4.79 Å². The lowest BCUT2D eigenvalue weighted by atomic mass is 10.1. The van der Waals surface area contributed by atoms with E-state index in [2.05, 4.69) is 10.6 Å². The van der Waals surface area contributed by atoms with Crippen molar-refractivity contribution in [1.82, 2.24) is 10.2 Å². The number of methoxy groups -OCH3 is 1. The van der Waals surface area contributed by atoms with Gasteiger partial charge in [-0.3, -0.25) is 14.5 Å². The molecule has 1 unspecified atom stereocenters. The van der Waals surface area contributed by atoms with E-state index in [1.165, 1.54) is 13.2 Å². The van der Waals surface area contributed by atoms with Crippen molar-refractivity contribution < 1.29 is 19.1 Å². The molecule has 1 saturated heterocycles. The van der Waals surface area contributed by atoms with Gasteiger partial charge in [-0.05, 0) is 23.8 Å². The Hall–Kier alpha value is -3.06. The molecule has 0 radical (unpaired) electrons. The fraction of sp³-hybridized carbons (Fsp3) is 0.211. The van der Waals surface area contributed by atoms with E-state index in [0.717, 1.165) is 10.5 Å². The van der Waals surface area contributed by atoms with Crippen LogP contribution in [-0.4, -0.2) is 42.4 Å². The highest BCUT2D eigenvalue weighted by Crippen LogP contribution is 2.27. The zero-order chi connectivity index (χ0) is 19.4. The predicted molar refractivity (Wildman–Crippen MR) is 101 cm³/mol. The lowest BCUT2D eigenvalue weighted by molar-refractivity contribution is -0.130. The summed E-state index contributed by atoms with van der Waals surface area (Å²) in [7, 11) is 1.49. The van der Waals surface area contributed by atoms with Gasteiger partial charge in [0.15, 0.2) is 0 Å². The van der Waals surface area contributed by atoms with E-state index >= 15 is 0 Å². The molecular weight excluding hydrogens is 370 g/mol. The van der Waals surface area contributed by atoms with Gasteiger partial charge in [0.25, 0.3) is 5.91 Å². The minimum Gasteiger partial charge on any atom is -0.495 e. The van der Waals surface area contributed by atoms with Gasteiger partial charge in [-0.15, -0.1) is 0 Å². The summed E-state index contributed by atoms with van der Waals surface area (Å²) in [5.41, 5.74) is 1.37. The maximum atomic E-state index is 12.5. The van der Waals surface area contributed by atoms with Crippen molar-refractivity contribution in [3.05, 3.63) is 59.1 Å². The summed E-state index contributed by atoms with van der Waals surface area (Å²) in [6, 6.07) is 12.9. The molecule has 2 aromatic rings. The van der Waals surface area contributed by atoms with Crippen LogP contribution in [0.5, 0.6) is 5.75 Å². The van der Waals surface area contributed by atoms with E-state index in [0.29, 0.717) is 22.9 Å². The molecule has 7 nitrogen and oxygen atoms in total. The second kappa shape index (κ2) is 8.09.